The molecule has 1 amide bonds. The van der Waals surface area contributed by atoms with Crippen LogP contribution in [-0.4, -0.2) is 27.3 Å². The fourth-order valence-electron chi connectivity index (χ4n) is 2.06. The van der Waals surface area contributed by atoms with Crippen molar-refractivity contribution in [2.24, 2.45) is 7.05 Å². The molecule has 1 unspecified atom stereocenters. The Hall–Kier alpha value is -2.49. The molecule has 0 N–H and O–H groups in total. The Morgan fingerprint density at radius 1 is 1.52 bits per heavy atom. The number of hydroxylamine groups is 2. The lowest BCUT2D eigenvalue weighted by Gasteiger charge is -2.25. The Kier molecular flexibility index (Phi) is 3.64. The van der Waals surface area contributed by atoms with Crippen molar-refractivity contribution >= 4 is 12.1 Å². The molecule has 0 spiro atoms. The van der Waals surface area contributed by atoms with E-state index in [0.29, 0.717) is 11.3 Å². The first-order valence-electron chi connectivity index (χ1n) is 6.50. The minimum Gasteiger partial charge on any atom is -0.442 e. The molecule has 0 bridgehead atoms. The van der Waals surface area contributed by atoms with Gasteiger partial charge in [0.05, 0.1) is 6.42 Å². The second-order valence-corrected chi connectivity index (χ2v) is 5.87. The van der Waals surface area contributed by atoms with Crippen molar-refractivity contribution in [3.8, 4) is 6.07 Å². The predicted octanol–water partition coefficient (Wildman–Crippen LogP) is 2.04. The van der Waals surface area contributed by atoms with Gasteiger partial charge in [-0.25, -0.2) is 9.59 Å². The highest BCUT2D eigenvalue weighted by atomic mass is 16.8. The van der Waals surface area contributed by atoms with E-state index in [9.17, 15) is 9.59 Å². The van der Waals surface area contributed by atoms with Crippen molar-refractivity contribution in [1.82, 2.24) is 9.63 Å². The standard InChI is InChI=1S/C14H17N3O4/c1-14(2,3)20-13(19)17-11(6-12(18)21-17)9-5-10(7-15)16(4)8-9/h5,8,11H,6H2,1-4H3. The highest BCUT2D eigenvalue weighted by molar-refractivity contribution is 5.78. The molecule has 0 aromatic carbocycles. The number of amides is 1. The summed E-state index contributed by atoms with van der Waals surface area (Å²) >= 11 is 0. The number of hydrogen-bond acceptors (Lipinski definition) is 5. The zero-order chi connectivity index (χ0) is 15.8. The Morgan fingerprint density at radius 2 is 2.19 bits per heavy atom. The Balaban J connectivity index is 2.26. The SMILES string of the molecule is Cn1cc(C2CC(=O)ON2C(=O)OC(C)(C)C)cc1C#N. The van der Waals surface area contributed by atoms with E-state index in [1.54, 1.807) is 44.6 Å². The molecule has 0 radical (unpaired) electrons. The number of aryl methyl sites for hydroxylation is 1. The van der Waals surface area contributed by atoms with Gasteiger partial charge in [0.15, 0.2) is 0 Å². The van der Waals surface area contributed by atoms with Gasteiger partial charge >= 0.3 is 12.1 Å². The van der Waals surface area contributed by atoms with E-state index in [1.165, 1.54) is 0 Å². The average Bonchev–Trinajstić information content (AvgIpc) is 2.90. The molecule has 1 saturated heterocycles. The molecular formula is C14H17N3O4. The summed E-state index contributed by atoms with van der Waals surface area (Å²) in [6.07, 6.45) is 1.01. The number of carbonyl (C=O) groups excluding carboxylic acids is 2. The first-order chi connectivity index (χ1) is 9.71. The summed E-state index contributed by atoms with van der Waals surface area (Å²) in [7, 11) is 1.72. The minimum atomic E-state index is -0.722. The summed E-state index contributed by atoms with van der Waals surface area (Å²) in [4.78, 5) is 28.6. The van der Waals surface area contributed by atoms with Gasteiger partial charge in [0.2, 0.25) is 0 Å². The smallest absolute Gasteiger partial charge is 0.442 e. The number of carbonyl (C=O) groups is 2. The van der Waals surface area contributed by atoms with Gasteiger partial charge in [-0.2, -0.15) is 5.26 Å². The van der Waals surface area contributed by atoms with Crippen LogP contribution in [0.25, 0.3) is 0 Å². The third-order valence-electron chi connectivity index (χ3n) is 2.94. The summed E-state index contributed by atoms with van der Waals surface area (Å²) in [6, 6.07) is 3.08. The van der Waals surface area contributed by atoms with Crippen molar-refractivity contribution in [2.45, 2.75) is 38.8 Å². The van der Waals surface area contributed by atoms with Crippen LogP contribution in [0.15, 0.2) is 12.3 Å². The highest BCUT2D eigenvalue weighted by Crippen LogP contribution is 2.33. The lowest BCUT2D eigenvalue weighted by molar-refractivity contribution is -0.170. The van der Waals surface area contributed by atoms with Crippen LogP contribution in [0.1, 0.15) is 44.5 Å². The normalized spacial score (nSPS) is 18.3. The Bertz CT molecular complexity index is 621. The summed E-state index contributed by atoms with van der Waals surface area (Å²) in [5, 5.41) is 9.91. The summed E-state index contributed by atoms with van der Waals surface area (Å²) < 4.78 is 6.85. The maximum Gasteiger partial charge on any atom is 0.444 e. The van der Waals surface area contributed by atoms with Crippen molar-refractivity contribution in [3.63, 3.8) is 0 Å². The van der Waals surface area contributed by atoms with E-state index < -0.39 is 23.7 Å². The van der Waals surface area contributed by atoms with Crippen LogP contribution >= 0.6 is 0 Å². The third kappa shape index (κ3) is 3.16. The molecule has 0 saturated carbocycles. The maximum absolute atomic E-state index is 12.1. The summed E-state index contributed by atoms with van der Waals surface area (Å²) in [5.74, 6) is -0.506. The van der Waals surface area contributed by atoms with Gasteiger partial charge in [-0.1, -0.05) is 0 Å². The first kappa shape index (κ1) is 14.9. The Labute approximate surface area is 122 Å². The van der Waals surface area contributed by atoms with Crippen LogP contribution in [0.4, 0.5) is 4.79 Å². The third-order valence-corrected chi connectivity index (χ3v) is 2.94. The zero-order valence-electron chi connectivity index (χ0n) is 12.4. The fraction of sp³-hybridized carbons (Fsp3) is 0.500. The molecule has 21 heavy (non-hydrogen) atoms. The molecular weight excluding hydrogens is 274 g/mol. The molecule has 1 aliphatic rings. The number of aromatic nitrogens is 1. The minimum absolute atomic E-state index is 0.0358. The van der Waals surface area contributed by atoms with Gasteiger partial charge in [-0.15, -0.1) is 5.06 Å². The first-order valence-corrected chi connectivity index (χ1v) is 6.50. The molecule has 0 aliphatic carbocycles. The maximum atomic E-state index is 12.1. The van der Waals surface area contributed by atoms with Crippen molar-refractivity contribution in [3.05, 3.63) is 23.5 Å². The molecule has 1 fully saturated rings. The van der Waals surface area contributed by atoms with Gasteiger partial charge in [0.25, 0.3) is 0 Å². The highest BCUT2D eigenvalue weighted by Gasteiger charge is 2.40. The van der Waals surface area contributed by atoms with Gasteiger partial charge in [0, 0.05) is 13.2 Å². The second kappa shape index (κ2) is 5.13. The van der Waals surface area contributed by atoms with Gasteiger partial charge in [-0.3, -0.25) is 0 Å². The van der Waals surface area contributed by atoms with Gasteiger partial charge in [0.1, 0.15) is 23.4 Å². The summed E-state index contributed by atoms with van der Waals surface area (Å²) in [5.41, 5.74) is 0.407. The Morgan fingerprint density at radius 3 is 2.71 bits per heavy atom. The van der Waals surface area contributed by atoms with E-state index in [1.807, 2.05) is 6.07 Å². The molecule has 7 heteroatoms. The molecule has 2 heterocycles. The van der Waals surface area contributed by atoms with Crippen LogP contribution in [0.2, 0.25) is 0 Å². The predicted molar refractivity (Wildman–Crippen MR) is 71.7 cm³/mol. The van der Waals surface area contributed by atoms with Crippen LogP contribution in [0.3, 0.4) is 0 Å². The number of ether oxygens (including phenoxy) is 1. The van der Waals surface area contributed by atoms with Crippen molar-refractivity contribution in [2.75, 3.05) is 0 Å². The molecule has 2 rings (SSSR count). The van der Waals surface area contributed by atoms with Crippen LogP contribution in [-0.2, 0) is 21.4 Å². The lowest BCUT2D eigenvalue weighted by Crippen LogP contribution is -2.35. The second-order valence-electron chi connectivity index (χ2n) is 5.87. The van der Waals surface area contributed by atoms with Crippen LogP contribution in [0.5, 0.6) is 0 Å². The molecule has 112 valence electrons. The van der Waals surface area contributed by atoms with E-state index in [2.05, 4.69) is 0 Å². The van der Waals surface area contributed by atoms with Crippen molar-refractivity contribution in [1.29, 1.82) is 5.26 Å². The number of nitriles is 1. The zero-order valence-corrected chi connectivity index (χ0v) is 12.4. The lowest BCUT2D eigenvalue weighted by atomic mass is 10.1. The van der Waals surface area contributed by atoms with Crippen molar-refractivity contribution < 1.29 is 19.2 Å². The number of hydrogen-bond donors (Lipinski definition) is 0. The average molecular weight is 291 g/mol. The van der Waals surface area contributed by atoms with Crippen LogP contribution in [0, 0.1) is 11.3 Å². The quantitative estimate of drug-likeness (QED) is 0.790. The molecule has 7 nitrogen and oxygen atoms in total. The number of nitrogens with zero attached hydrogens (tertiary/aromatic N) is 3. The van der Waals surface area contributed by atoms with Crippen LogP contribution < -0.4 is 0 Å². The molecule has 1 aromatic heterocycles. The van der Waals surface area contributed by atoms with Gasteiger partial charge in [-0.05, 0) is 32.4 Å². The van der Waals surface area contributed by atoms with E-state index in [0.717, 1.165) is 5.06 Å². The van der Waals surface area contributed by atoms with E-state index >= 15 is 0 Å². The van der Waals surface area contributed by atoms with E-state index in [-0.39, 0.29) is 6.42 Å². The monoisotopic (exact) mass is 291 g/mol. The largest absolute Gasteiger partial charge is 0.444 e. The fourth-order valence-corrected chi connectivity index (χ4v) is 2.06. The topological polar surface area (TPSA) is 84.6 Å². The van der Waals surface area contributed by atoms with E-state index in [4.69, 9.17) is 14.8 Å². The molecule has 1 aliphatic heterocycles. The molecule has 1 aromatic rings. The summed E-state index contributed by atoms with van der Waals surface area (Å²) in [6.45, 7) is 5.19. The molecule has 1 atom stereocenters. The van der Waals surface area contributed by atoms with Gasteiger partial charge < -0.3 is 14.1 Å². The number of rotatable bonds is 1.